The van der Waals surface area contributed by atoms with Crippen LogP contribution in [0.2, 0.25) is 0 Å². The van der Waals surface area contributed by atoms with Gasteiger partial charge in [0.05, 0.1) is 12.0 Å². The lowest BCUT2D eigenvalue weighted by Gasteiger charge is -2.33. The molecule has 0 amide bonds. The molecule has 3 aromatic rings. The molecule has 0 aliphatic carbocycles. The summed E-state index contributed by atoms with van der Waals surface area (Å²) in [6.45, 7) is 7.87. The number of piperidine rings is 1. The third-order valence-electron chi connectivity index (χ3n) is 5.54. The fourth-order valence-corrected chi connectivity index (χ4v) is 3.72. The van der Waals surface area contributed by atoms with Crippen molar-refractivity contribution in [3.05, 3.63) is 46.4 Å². The van der Waals surface area contributed by atoms with Crippen molar-refractivity contribution in [2.75, 3.05) is 18.0 Å². The van der Waals surface area contributed by atoms with E-state index in [-0.39, 0.29) is 22.5 Å². The highest BCUT2D eigenvalue weighted by atomic mass is 19.4. The first-order valence-corrected chi connectivity index (χ1v) is 10.1. The summed E-state index contributed by atoms with van der Waals surface area (Å²) in [6, 6.07) is 4.73. The topological polar surface area (TPSA) is 81.2 Å². The average molecular weight is 435 g/mol. The Labute approximate surface area is 176 Å². The SMILES string of the molecule is CC(C)(C)c1cc(=O)n(CC2CCN(c3ccc4nnc(C(F)(F)F)n4n3)CC2)cn1. The van der Waals surface area contributed by atoms with Gasteiger partial charge >= 0.3 is 6.18 Å². The highest BCUT2D eigenvalue weighted by Crippen LogP contribution is 2.29. The lowest BCUT2D eigenvalue weighted by atomic mass is 9.92. The van der Waals surface area contributed by atoms with Crippen molar-refractivity contribution in [2.24, 2.45) is 5.92 Å². The Morgan fingerprint density at radius 1 is 1.10 bits per heavy atom. The van der Waals surface area contributed by atoms with Crippen LogP contribution in [0, 0.1) is 5.92 Å². The van der Waals surface area contributed by atoms with E-state index in [0.717, 1.165) is 23.1 Å². The van der Waals surface area contributed by atoms with Crippen LogP contribution < -0.4 is 10.5 Å². The minimum absolute atomic E-state index is 0.0524. The van der Waals surface area contributed by atoms with Crippen LogP contribution in [-0.2, 0) is 18.1 Å². The van der Waals surface area contributed by atoms with Crippen molar-refractivity contribution in [1.29, 1.82) is 0 Å². The molecule has 11 heteroatoms. The second-order valence-electron chi connectivity index (χ2n) is 8.93. The molecule has 166 valence electrons. The standard InChI is InChI=1S/C20H24F3N7O/c1-19(2,3)14-10-17(31)29(12-24-14)11-13-6-8-28(9-7-13)16-5-4-15-25-26-18(20(21,22)23)30(15)27-16/h4-5,10,12-13H,6-9,11H2,1-3H3. The molecule has 0 atom stereocenters. The lowest BCUT2D eigenvalue weighted by molar-refractivity contribution is -0.146. The highest BCUT2D eigenvalue weighted by Gasteiger charge is 2.38. The summed E-state index contributed by atoms with van der Waals surface area (Å²) in [5.41, 5.74) is 0.560. The van der Waals surface area contributed by atoms with Gasteiger partial charge < -0.3 is 4.90 Å². The van der Waals surface area contributed by atoms with Crippen LogP contribution in [0.5, 0.6) is 0 Å². The quantitative estimate of drug-likeness (QED) is 0.629. The van der Waals surface area contributed by atoms with E-state index >= 15 is 0 Å². The van der Waals surface area contributed by atoms with Crippen LogP contribution in [0.4, 0.5) is 19.0 Å². The molecule has 0 aromatic carbocycles. The van der Waals surface area contributed by atoms with Crippen LogP contribution in [0.1, 0.15) is 45.1 Å². The highest BCUT2D eigenvalue weighted by molar-refractivity contribution is 5.46. The van der Waals surface area contributed by atoms with Gasteiger partial charge in [0, 0.05) is 31.1 Å². The van der Waals surface area contributed by atoms with Crippen molar-refractivity contribution in [2.45, 2.75) is 51.7 Å². The molecule has 31 heavy (non-hydrogen) atoms. The van der Waals surface area contributed by atoms with Crippen molar-refractivity contribution in [3.63, 3.8) is 0 Å². The van der Waals surface area contributed by atoms with E-state index in [9.17, 15) is 18.0 Å². The molecule has 0 spiro atoms. The van der Waals surface area contributed by atoms with Gasteiger partial charge in [-0.2, -0.15) is 17.7 Å². The summed E-state index contributed by atoms with van der Waals surface area (Å²) in [5.74, 6) is -0.407. The van der Waals surface area contributed by atoms with Crippen LogP contribution in [-0.4, -0.2) is 42.5 Å². The Kier molecular flexibility index (Phi) is 5.22. The molecular formula is C20H24F3N7O. The number of anilines is 1. The monoisotopic (exact) mass is 435 g/mol. The van der Waals surface area contributed by atoms with E-state index in [0.29, 0.717) is 25.5 Å². The molecule has 0 bridgehead atoms. The summed E-state index contributed by atoms with van der Waals surface area (Å²) in [5, 5.41) is 10.9. The predicted octanol–water partition coefficient (Wildman–Crippen LogP) is 2.91. The van der Waals surface area contributed by atoms with Gasteiger partial charge in [-0.3, -0.25) is 9.36 Å². The minimum atomic E-state index is -4.62. The summed E-state index contributed by atoms with van der Waals surface area (Å²) in [6.07, 6.45) is -1.43. The average Bonchev–Trinajstić information content (AvgIpc) is 3.13. The largest absolute Gasteiger partial charge is 0.453 e. The number of halogens is 3. The second kappa shape index (κ2) is 7.61. The van der Waals surface area contributed by atoms with Crippen molar-refractivity contribution in [3.8, 4) is 0 Å². The number of alkyl halides is 3. The molecule has 1 aliphatic rings. The zero-order chi connectivity index (χ0) is 22.4. The number of hydrogen-bond acceptors (Lipinski definition) is 6. The molecule has 4 rings (SSSR count). The summed E-state index contributed by atoms with van der Waals surface area (Å²) in [4.78, 5) is 18.8. The third-order valence-corrected chi connectivity index (χ3v) is 5.54. The Morgan fingerprint density at radius 2 is 1.81 bits per heavy atom. The Hall–Kier alpha value is -2.98. The van der Waals surface area contributed by atoms with Crippen LogP contribution >= 0.6 is 0 Å². The summed E-state index contributed by atoms with van der Waals surface area (Å²) >= 11 is 0. The Morgan fingerprint density at radius 3 is 2.42 bits per heavy atom. The maximum atomic E-state index is 13.1. The van der Waals surface area contributed by atoms with Gasteiger partial charge in [0.1, 0.15) is 5.82 Å². The molecule has 1 aliphatic heterocycles. The first-order chi connectivity index (χ1) is 14.5. The van der Waals surface area contributed by atoms with Gasteiger partial charge in [-0.15, -0.1) is 15.3 Å². The van der Waals surface area contributed by atoms with Crippen LogP contribution in [0.15, 0.2) is 29.3 Å². The third kappa shape index (κ3) is 4.40. The van der Waals surface area contributed by atoms with E-state index in [2.05, 4.69) is 20.3 Å². The molecular weight excluding hydrogens is 411 g/mol. The van der Waals surface area contributed by atoms with E-state index in [4.69, 9.17) is 0 Å². The van der Waals surface area contributed by atoms with Crippen LogP contribution in [0.3, 0.4) is 0 Å². The smallest absolute Gasteiger partial charge is 0.355 e. The molecule has 1 saturated heterocycles. The molecule has 0 N–H and O–H groups in total. The number of hydrogen-bond donors (Lipinski definition) is 0. The Balaban J connectivity index is 1.44. The van der Waals surface area contributed by atoms with Gasteiger partial charge in [-0.1, -0.05) is 20.8 Å². The predicted molar refractivity (Wildman–Crippen MR) is 108 cm³/mol. The van der Waals surface area contributed by atoms with E-state index in [1.165, 1.54) is 6.07 Å². The van der Waals surface area contributed by atoms with Crippen molar-refractivity contribution >= 4 is 11.5 Å². The fourth-order valence-electron chi connectivity index (χ4n) is 3.72. The molecule has 8 nitrogen and oxygen atoms in total. The summed E-state index contributed by atoms with van der Waals surface area (Å²) in [7, 11) is 0. The summed E-state index contributed by atoms with van der Waals surface area (Å²) < 4.78 is 41.7. The second-order valence-corrected chi connectivity index (χ2v) is 8.93. The van der Waals surface area contributed by atoms with Crippen molar-refractivity contribution in [1.82, 2.24) is 29.4 Å². The molecule has 0 radical (unpaired) electrons. The number of fused-ring (bicyclic) bond motifs is 1. The molecule has 1 fully saturated rings. The maximum Gasteiger partial charge on any atom is 0.453 e. The molecule has 4 heterocycles. The zero-order valence-electron chi connectivity index (χ0n) is 17.6. The molecule has 3 aromatic heterocycles. The number of rotatable bonds is 3. The van der Waals surface area contributed by atoms with Gasteiger partial charge in [0.25, 0.3) is 11.4 Å². The Bertz CT molecular complexity index is 1140. The van der Waals surface area contributed by atoms with Gasteiger partial charge in [0.2, 0.25) is 0 Å². The van der Waals surface area contributed by atoms with E-state index in [1.54, 1.807) is 23.0 Å². The first kappa shape index (κ1) is 21.3. The van der Waals surface area contributed by atoms with Gasteiger partial charge in [0.15, 0.2) is 5.65 Å². The zero-order valence-corrected chi connectivity index (χ0v) is 17.6. The minimum Gasteiger partial charge on any atom is -0.355 e. The van der Waals surface area contributed by atoms with Crippen LogP contribution in [0.25, 0.3) is 5.65 Å². The number of aromatic nitrogens is 6. The normalized spacial score (nSPS) is 16.3. The maximum absolute atomic E-state index is 13.1. The fraction of sp³-hybridized carbons (Fsp3) is 0.550. The first-order valence-electron chi connectivity index (χ1n) is 10.1. The molecule has 0 unspecified atom stereocenters. The van der Waals surface area contributed by atoms with Crippen molar-refractivity contribution < 1.29 is 13.2 Å². The van der Waals surface area contributed by atoms with Gasteiger partial charge in [-0.05, 0) is 30.9 Å². The lowest BCUT2D eigenvalue weighted by Crippen LogP contribution is -2.37. The molecule has 0 saturated carbocycles. The van der Waals surface area contributed by atoms with E-state index in [1.807, 2.05) is 25.7 Å². The van der Waals surface area contributed by atoms with Gasteiger partial charge in [-0.25, -0.2) is 4.98 Å². The van der Waals surface area contributed by atoms with E-state index < -0.39 is 12.0 Å². The number of nitrogens with zero attached hydrogens (tertiary/aromatic N) is 7.